The summed E-state index contributed by atoms with van der Waals surface area (Å²) in [6.45, 7) is 2.17. The zero-order valence-electron chi connectivity index (χ0n) is 11.2. The molecule has 19 heavy (non-hydrogen) atoms. The van der Waals surface area contributed by atoms with Crippen molar-refractivity contribution in [3.05, 3.63) is 23.8 Å². The highest BCUT2D eigenvalue weighted by Crippen LogP contribution is 2.72. The second kappa shape index (κ2) is 3.14. The summed E-state index contributed by atoms with van der Waals surface area (Å²) < 4.78 is 2.37. The Morgan fingerprint density at radius 3 is 2.68 bits per heavy atom. The van der Waals surface area contributed by atoms with Crippen molar-refractivity contribution in [1.82, 2.24) is 9.55 Å². The lowest BCUT2D eigenvalue weighted by Gasteiger charge is -2.13. The number of rotatable bonds is 1. The van der Waals surface area contributed by atoms with Gasteiger partial charge in [0.05, 0.1) is 11.0 Å². The third-order valence-electron chi connectivity index (χ3n) is 5.93. The highest BCUT2D eigenvalue weighted by molar-refractivity contribution is 5.82. The molecule has 3 aliphatic carbocycles. The fraction of sp³-hybridized carbons (Fsp3) is 0.562. The SMILES string of the molecule is Cc1cccc2nc(N)n(C3C4C5CCC(C5)C43)c12. The van der Waals surface area contributed by atoms with Crippen LogP contribution >= 0.6 is 0 Å². The summed E-state index contributed by atoms with van der Waals surface area (Å²) in [6, 6.07) is 6.98. The predicted molar refractivity (Wildman–Crippen MR) is 75.7 cm³/mol. The van der Waals surface area contributed by atoms with Crippen LogP contribution < -0.4 is 5.73 Å². The topological polar surface area (TPSA) is 43.8 Å². The van der Waals surface area contributed by atoms with E-state index in [0.29, 0.717) is 6.04 Å². The maximum atomic E-state index is 6.23. The molecule has 5 rings (SSSR count). The summed E-state index contributed by atoms with van der Waals surface area (Å²) in [4.78, 5) is 4.57. The van der Waals surface area contributed by atoms with Gasteiger partial charge in [0.1, 0.15) is 0 Å². The van der Waals surface area contributed by atoms with E-state index in [2.05, 4.69) is 34.7 Å². The Kier molecular flexibility index (Phi) is 1.70. The van der Waals surface area contributed by atoms with Gasteiger partial charge in [-0.25, -0.2) is 4.98 Å². The second-order valence-electron chi connectivity index (χ2n) is 6.76. The lowest BCUT2D eigenvalue weighted by atomic mass is 10.0. The summed E-state index contributed by atoms with van der Waals surface area (Å²) >= 11 is 0. The number of nitrogens with zero attached hydrogens (tertiary/aromatic N) is 2. The number of hydrogen-bond donors (Lipinski definition) is 1. The third kappa shape index (κ3) is 1.12. The number of nitrogen functional groups attached to an aromatic ring is 1. The highest BCUT2D eigenvalue weighted by atomic mass is 15.2. The maximum Gasteiger partial charge on any atom is 0.201 e. The average molecular weight is 253 g/mol. The molecule has 0 spiro atoms. The van der Waals surface area contributed by atoms with Crippen molar-refractivity contribution in [2.24, 2.45) is 23.7 Å². The van der Waals surface area contributed by atoms with E-state index >= 15 is 0 Å². The molecule has 4 atom stereocenters. The Morgan fingerprint density at radius 1 is 1.21 bits per heavy atom. The number of anilines is 1. The number of para-hydroxylation sites is 1. The minimum atomic E-state index is 0.650. The first kappa shape index (κ1) is 10.3. The van der Waals surface area contributed by atoms with Gasteiger partial charge in [-0.15, -0.1) is 0 Å². The summed E-state index contributed by atoms with van der Waals surface area (Å²) in [5.41, 5.74) is 9.88. The molecule has 3 aliphatic rings. The molecule has 3 nitrogen and oxygen atoms in total. The van der Waals surface area contributed by atoms with Crippen molar-refractivity contribution in [1.29, 1.82) is 0 Å². The van der Waals surface area contributed by atoms with Crippen LogP contribution in [0.15, 0.2) is 18.2 Å². The van der Waals surface area contributed by atoms with Crippen LogP contribution in [0.2, 0.25) is 0 Å². The quantitative estimate of drug-likeness (QED) is 0.848. The van der Waals surface area contributed by atoms with Gasteiger partial charge in [0, 0.05) is 6.04 Å². The first-order valence-electron chi connectivity index (χ1n) is 7.48. The Labute approximate surface area is 112 Å². The van der Waals surface area contributed by atoms with Gasteiger partial charge < -0.3 is 10.3 Å². The molecule has 0 amide bonds. The molecule has 1 aromatic carbocycles. The zero-order chi connectivity index (χ0) is 12.7. The van der Waals surface area contributed by atoms with E-state index in [1.807, 2.05) is 0 Å². The van der Waals surface area contributed by atoms with Gasteiger partial charge in [0.2, 0.25) is 5.95 Å². The second-order valence-corrected chi connectivity index (χ2v) is 6.76. The van der Waals surface area contributed by atoms with Crippen molar-refractivity contribution < 1.29 is 0 Å². The molecular weight excluding hydrogens is 234 g/mol. The van der Waals surface area contributed by atoms with E-state index < -0.39 is 0 Å². The minimum absolute atomic E-state index is 0.650. The molecule has 1 aromatic heterocycles. The third-order valence-corrected chi connectivity index (χ3v) is 5.93. The lowest BCUT2D eigenvalue weighted by Crippen LogP contribution is -2.08. The minimum Gasteiger partial charge on any atom is -0.369 e. The molecule has 3 heteroatoms. The Morgan fingerprint density at radius 2 is 1.95 bits per heavy atom. The van der Waals surface area contributed by atoms with Gasteiger partial charge in [0.25, 0.3) is 0 Å². The fourth-order valence-corrected chi connectivity index (χ4v) is 5.26. The van der Waals surface area contributed by atoms with Crippen LogP contribution in [0, 0.1) is 30.6 Å². The summed E-state index contributed by atoms with van der Waals surface area (Å²) in [7, 11) is 0. The summed E-state index contributed by atoms with van der Waals surface area (Å²) in [5, 5.41) is 0. The number of hydrogen-bond acceptors (Lipinski definition) is 2. The van der Waals surface area contributed by atoms with E-state index in [0.717, 1.165) is 35.1 Å². The molecule has 3 saturated carbocycles. The molecule has 2 N–H and O–H groups in total. The van der Waals surface area contributed by atoms with Gasteiger partial charge in [-0.3, -0.25) is 0 Å². The molecule has 3 fully saturated rings. The van der Waals surface area contributed by atoms with Crippen LogP contribution in [-0.4, -0.2) is 9.55 Å². The van der Waals surface area contributed by atoms with Gasteiger partial charge in [0.15, 0.2) is 0 Å². The maximum absolute atomic E-state index is 6.23. The molecule has 0 saturated heterocycles. The first-order chi connectivity index (χ1) is 9.25. The van der Waals surface area contributed by atoms with Crippen LogP contribution in [-0.2, 0) is 0 Å². The van der Waals surface area contributed by atoms with E-state index in [9.17, 15) is 0 Å². The van der Waals surface area contributed by atoms with E-state index in [-0.39, 0.29) is 0 Å². The van der Waals surface area contributed by atoms with Crippen LogP contribution in [0.4, 0.5) is 5.95 Å². The number of benzene rings is 1. The van der Waals surface area contributed by atoms with Gasteiger partial charge in [-0.1, -0.05) is 12.1 Å². The van der Waals surface area contributed by atoms with Crippen LogP contribution in [0.5, 0.6) is 0 Å². The Bertz CT molecular complexity index is 671. The molecule has 4 unspecified atom stereocenters. The van der Waals surface area contributed by atoms with Crippen molar-refractivity contribution in [2.75, 3.05) is 5.73 Å². The van der Waals surface area contributed by atoms with Crippen molar-refractivity contribution in [3.63, 3.8) is 0 Å². The number of imidazole rings is 1. The van der Waals surface area contributed by atoms with Gasteiger partial charge in [-0.2, -0.15) is 0 Å². The normalized spacial score (nSPS) is 38.9. The molecule has 2 aromatic rings. The number of aromatic nitrogens is 2. The van der Waals surface area contributed by atoms with Crippen LogP contribution in [0.3, 0.4) is 0 Å². The largest absolute Gasteiger partial charge is 0.369 e. The summed E-state index contributed by atoms with van der Waals surface area (Å²) in [5.74, 6) is 4.47. The molecular formula is C16H19N3. The monoisotopic (exact) mass is 253 g/mol. The van der Waals surface area contributed by atoms with Gasteiger partial charge in [-0.05, 0) is 61.5 Å². The van der Waals surface area contributed by atoms with Crippen molar-refractivity contribution >= 4 is 17.0 Å². The standard InChI is InChI=1S/C16H19N3/c1-8-3-2-4-11-14(8)19(16(17)18-11)15-12-9-5-6-10(7-9)13(12)15/h2-4,9-10,12-13,15H,5-7H2,1H3,(H2,17,18). The first-order valence-corrected chi connectivity index (χ1v) is 7.48. The smallest absolute Gasteiger partial charge is 0.201 e. The number of fused-ring (bicyclic) bond motifs is 6. The van der Waals surface area contributed by atoms with Gasteiger partial charge >= 0.3 is 0 Å². The van der Waals surface area contributed by atoms with Crippen molar-refractivity contribution in [3.8, 4) is 0 Å². The number of aryl methyl sites for hydroxylation is 1. The van der Waals surface area contributed by atoms with Crippen LogP contribution in [0.1, 0.15) is 30.9 Å². The zero-order valence-corrected chi connectivity index (χ0v) is 11.2. The Hall–Kier alpha value is -1.51. The molecule has 1 heterocycles. The van der Waals surface area contributed by atoms with Crippen LogP contribution in [0.25, 0.3) is 11.0 Å². The molecule has 2 bridgehead atoms. The average Bonchev–Trinajstić information content (AvgIpc) is 2.75. The lowest BCUT2D eigenvalue weighted by molar-refractivity contribution is 0.456. The van der Waals surface area contributed by atoms with E-state index in [4.69, 9.17) is 5.73 Å². The highest BCUT2D eigenvalue weighted by Gasteiger charge is 2.66. The Balaban J connectivity index is 1.69. The molecule has 0 aliphatic heterocycles. The van der Waals surface area contributed by atoms with E-state index in [1.54, 1.807) is 0 Å². The van der Waals surface area contributed by atoms with E-state index in [1.165, 1.54) is 30.3 Å². The fourth-order valence-electron chi connectivity index (χ4n) is 5.26. The number of nitrogens with two attached hydrogens (primary N) is 1. The van der Waals surface area contributed by atoms with Crippen molar-refractivity contribution in [2.45, 2.75) is 32.2 Å². The summed E-state index contributed by atoms with van der Waals surface area (Å²) in [6.07, 6.45) is 4.39. The molecule has 0 radical (unpaired) electrons. The predicted octanol–water partition coefficient (Wildman–Crippen LogP) is 3.14. The molecule has 98 valence electrons.